The third kappa shape index (κ3) is 4.29. The molecule has 2 aromatic heterocycles. The van der Waals surface area contributed by atoms with E-state index < -0.39 is 29.7 Å². The summed E-state index contributed by atoms with van der Waals surface area (Å²) in [6, 6.07) is 5.43. The third-order valence-electron chi connectivity index (χ3n) is 5.58. The van der Waals surface area contributed by atoms with Gasteiger partial charge in [0.15, 0.2) is 0 Å². The van der Waals surface area contributed by atoms with Crippen LogP contribution in [0.2, 0.25) is 0 Å². The van der Waals surface area contributed by atoms with E-state index in [4.69, 9.17) is 4.74 Å². The van der Waals surface area contributed by atoms with Gasteiger partial charge in [0.2, 0.25) is 0 Å². The molecule has 10 heteroatoms. The van der Waals surface area contributed by atoms with Crippen LogP contribution in [0.25, 0.3) is 23.0 Å². The summed E-state index contributed by atoms with van der Waals surface area (Å²) in [5.41, 5.74) is 1.22. The van der Waals surface area contributed by atoms with E-state index in [9.17, 15) is 14.7 Å². The van der Waals surface area contributed by atoms with E-state index in [2.05, 4.69) is 16.9 Å². The molecule has 0 spiro atoms. The Morgan fingerprint density at radius 2 is 2.06 bits per heavy atom. The number of morpholine rings is 1. The lowest BCUT2D eigenvalue weighted by atomic mass is 10.0. The summed E-state index contributed by atoms with van der Waals surface area (Å²) in [5, 5.41) is 11.7. The van der Waals surface area contributed by atoms with Crippen LogP contribution in [0, 0.1) is 11.6 Å². The average Bonchev–Trinajstić information content (AvgIpc) is 3.14. The molecule has 8 nitrogen and oxygen atoms in total. The lowest BCUT2D eigenvalue weighted by molar-refractivity contribution is -0.0214. The van der Waals surface area contributed by atoms with Crippen LogP contribution in [0.5, 0.6) is 0 Å². The number of benzene rings is 1. The van der Waals surface area contributed by atoms with Gasteiger partial charge in [-0.2, -0.15) is 0 Å². The number of carbonyl (C=O) groups excluding carboxylic acids is 1. The van der Waals surface area contributed by atoms with Crippen LogP contribution in [0.15, 0.2) is 37.0 Å². The summed E-state index contributed by atoms with van der Waals surface area (Å²) >= 11 is 0. The predicted molar refractivity (Wildman–Crippen MR) is 117 cm³/mol. The fourth-order valence-electron chi connectivity index (χ4n) is 3.94. The van der Waals surface area contributed by atoms with Crippen molar-refractivity contribution >= 4 is 23.7 Å². The van der Waals surface area contributed by atoms with E-state index >= 15 is 8.78 Å². The number of hydrogen-bond donors (Lipinski definition) is 2. The minimum absolute atomic E-state index is 0.0608. The van der Waals surface area contributed by atoms with Gasteiger partial charge in [-0.3, -0.25) is 4.79 Å². The van der Waals surface area contributed by atoms with Crippen LogP contribution < -0.4 is 5.32 Å². The van der Waals surface area contributed by atoms with Crippen molar-refractivity contribution in [2.75, 3.05) is 26.7 Å². The van der Waals surface area contributed by atoms with Gasteiger partial charge in [-0.1, -0.05) is 12.7 Å². The second-order valence-electron chi connectivity index (χ2n) is 7.62. The Balaban J connectivity index is 1.84. The molecule has 1 fully saturated rings. The van der Waals surface area contributed by atoms with Gasteiger partial charge in [0.25, 0.3) is 5.91 Å². The van der Waals surface area contributed by atoms with E-state index in [1.807, 2.05) is 0 Å². The number of fused-ring (bicyclic) bond motifs is 1. The number of imidazole rings is 1. The summed E-state index contributed by atoms with van der Waals surface area (Å²) in [4.78, 5) is 29.0. The molecule has 0 aliphatic carbocycles. The van der Waals surface area contributed by atoms with Crippen molar-refractivity contribution in [3.05, 3.63) is 65.5 Å². The van der Waals surface area contributed by atoms with Crippen LogP contribution in [0.3, 0.4) is 0 Å². The highest BCUT2D eigenvalue weighted by Gasteiger charge is 2.29. The molecule has 0 unspecified atom stereocenters. The molecular formula is C23H22F2N4O4. The first-order chi connectivity index (χ1) is 15.8. The molecule has 172 valence electrons. The van der Waals surface area contributed by atoms with Crippen LogP contribution >= 0.6 is 0 Å². The van der Waals surface area contributed by atoms with E-state index in [0.717, 1.165) is 17.7 Å². The SMILES string of the molecule is C=Cc1ccn2c(C[C@H]3CN(C(=O)O)CCO3)c(-c3c(F)cc(C(=O)NC)cc3F)nc2c1. The van der Waals surface area contributed by atoms with Crippen LogP contribution in [0.1, 0.15) is 21.6 Å². The number of nitrogens with one attached hydrogen (secondary N) is 1. The van der Waals surface area contributed by atoms with Crippen molar-refractivity contribution in [2.45, 2.75) is 12.5 Å². The molecule has 0 saturated carbocycles. The molecule has 0 radical (unpaired) electrons. The molecule has 1 aliphatic heterocycles. The van der Waals surface area contributed by atoms with Gasteiger partial charge in [0, 0.05) is 31.8 Å². The highest BCUT2D eigenvalue weighted by atomic mass is 19.1. The summed E-state index contributed by atoms with van der Waals surface area (Å²) < 4.78 is 37.6. The minimum Gasteiger partial charge on any atom is -0.465 e. The average molecular weight is 456 g/mol. The van der Waals surface area contributed by atoms with Crippen molar-refractivity contribution in [2.24, 2.45) is 0 Å². The first-order valence-electron chi connectivity index (χ1n) is 10.3. The third-order valence-corrected chi connectivity index (χ3v) is 5.58. The number of carbonyl (C=O) groups is 2. The Morgan fingerprint density at radius 3 is 2.70 bits per heavy atom. The molecule has 3 aromatic rings. The van der Waals surface area contributed by atoms with Crippen molar-refractivity contribution in [3.63, 3.8) is 0 Å². The van der Waals surface area contributed by atoms with Crippen molar-refractivity contribution in [1.29, 1.82) is 0 Å². The lowest BCUT2D eigenvalue weighted by Crippen LogP contribution is -2.45. The maximum Gasteiger partial charge on any atom is 0.407 e. The van der Waals surface area contributed by atoms with Gasteiger partial charge in [-0.25, -0.2) is 18.6 Å². The van der Waals surface area contributed by atoms with E-state index in [1.54, 1.807) is 28.8 Å². The van der Waals surface area contributed by atoms with Gasteiger partial charge < -0.3 is 24.5 Å². The number of amides is 2. The van der Waals surface area contributed by atoms with Crippen molar-refractivity contribution in [1.82, 2.24) is 19.6 Å². The molecule has 4 rings (SSSR count). The molecule has 0 bridgehead atoms. The Kier molecular flexibility index (Phi) is 6.10. The van der Waals surface area contributed by atoms with Crippen LogP contribution in [-0.2, 0) is 11.2 Å². The van der Waals surface area contributed by atoms with Gasteiger partial charge in [-0.05, 0) is 29.8 Å². The first kappa shape index (κ1) is 22.4. The normalized spacial score (nSPS) is 16.1. The van der Waals surface area contributed by atoms with Gasteiger partial charge in [0.05, 0.1) is 36.2 Å². The summed E-state index contributed by atoms with van der Waals surface area (Å²) in [5.74, 6) is -2.48. The fraction of sp³-hybridized carbons (Fsp3) is 0.261. The zero-order valence-corrected chi connectivity index (χ0v) is 17.8. The highest BCUT2D eigenvalue weighted by molar-refractivity contribution is 5.94. The van der Waals surface area contributed by atoms with Gasteiger partial charge in [-0.15, -0.1) is 0 Å². The maximum atomic E-state index is 15.1. The number of ether oxygens (including phenoxy) is 1. The minimum atomic E-state index is -1.06. The Bertz CT molecular complexity index is 1230. The molecule has 1 saturated heterocycles. The molecule has 1 atom stereocenters. The van der Waals surface area contributed by atoms with E-state index in [0.29, 0.717) is 11.3 Å². The molecule has 1 aromatic carbocycles. The molecule has 2 amide bonds. The molecule has 1 aliphatic rings. The number of nitrogens with zero attached hydrogens (tertiary/aromatic N) is 3. The number of carboxylic acid groups (broad SMARTS) is 1. The second-order valence-corrected chi connectivity index (χ2v) is 7.62. The van der Waals surface area contributed by atoms with Crippen molar-refractivity contribution < 1.29 is 28.2 Å². The van der Waals surface area contributed by atoms with E-state index in [-0.39, 0.29) is 42.9 Å². The molecule has 33 heavy (non-hydrogen) atoms. The quantitative estimate of drug-likeness (QED) is 0.615. The van der Waals surface area contributed by atoms with Crippen LogP contribution in [0.4, 0.5) is 13.6 Å². The Morgan fingerprint density at radius 1 is 1.33 bits per heavy atom. The number of hydrogen-bond acceptors (Lipinski definition) is 4. The Labute approximate surface area is 188 Å². The number of rotatable bonds is 5. The number of halogens is 2. The second kappa shape index (κ2) is 8.99. The zero-order chi connectivity index (χ0) is 23.7. The molecule has 2 N–H and O–H groups in total. The lowest BCUT2D eigenvalue weighted by Gasteiger charge is -2.31. The molecular weight excluding hydrogens is 434 g/mol. The number of aromatic nitrogens is 2. The van der Waals surface area contributed by atoms with Crippen LogP contribution in [-0.4, -0.2) is 64.2 Å². The first-order valence-corrected chi connectivity index (χ1v) is 10.3. The zero-order valence-electron chi connectivity index (χ0n) is 17.8. The maximum absolute atomic E-state index is 15.1. The van der Waals surface area contributed by atoms with Crippen molar-refractivity contribution in [3.8, 4) is 11.3 Å². The standard InChI is InChI=1S/C23H22F2N4O4/c1-3-13-4-5-29-18(11-15-12-28(23(31)32)6-7-33-15)21(27-19(29)8-13)20-16(24)9-14(10-17(20)25)22(30)26-2/h3-5,8-10,15H,1,6-7,11-12H2,2H3,(H,26,30)(H,31,32)/t15-/m0/s1. The summed E-state index contributed by atoms with van der Waals surface area (Å²) in [6.07, 6.45) is 1.93. The van der Waals surface area contributed by atoms with E-state index in [1.165, 1.54) is 11.9 Å². The summed E-state index contributed by atoms with van der Waals surface area (Å²) in [7, 11) is 1.37. The Hall–Kier alpha value is -3.79. The molecule has 3 heterocycles. The largest absolute Gasteiger partial charge is 0.465 e. The number of pyridine rings is 1. The van der Waals surface area contributed by atoms with Gasteiger partial charge in [0.1, 0.15) is 17.3 Å². The van der Waals surface area contributed by atoms with Gasteiger partial charge >= 0.3 is 6.09 Å². The predicted octanol–water partition coefficient (Wildman–Crippen LogP) is 3.20. The fourth-order valence-corrected chi connectivity index (χ4v) is 3.94. The monoisotopic (exact) mass is 456 g/mol. The smallest absolute Gasteiger partial charge is 0.407 e. The highest BCUT2D eigenvalue weighted by Crippen LogP contribution is 2.32. The topological polar surface area (TPSA) is 96.2 Å². The summed E-state index contributed by atoms with van der Waals surface area (Å²) in [6.45, 7) is 4.31.